The monoisotopic (exact) mass is 357 g/mol. The number of carbonyl (C=O) groups excluding carboxylic acids is 1. The molecule has 1 amide bonds. The standard InChI is InChI=1S/C18H16FN3O2S/c1-11-6-3-4-7-12(11)10-15-21-22-18(25-15)20-17(23)16-13(19)8-5-9-14(16)24-2/h3-9H,10H2,1-2H3,(H,20,22,23). The van der Waals surface area contributed by atoms with Crippen molar-refractivity contribution in [3.05, 3.63) is 70.0 Å². The number of ether oxygens (including phenoxy) is 1. The maximum Gasteiger partial charge on any atom is 0.264 e. The van der Waals surface area contributed by atoms with Crippen LogP contribution in [0.1, 0.15) is 26.5 Å². The lowest BCUT2D eigenvalue weighted by atomic mass is 10.1. The quantitative estimate of drug-likeness (QED) is 0.754. The second-order valence-electron chi connectivity index (χ2n) is 5.38. The molecule has 3 aromatic rings. The Morgan fingerprint density at radius 3 is 2.76 bits per heavy atom. The Morgan fingerprint density at radius 1 is 1.20 bits per heavy atom. The molecule has 5 nitrogen and oxygen atoms in total. The van der Waals surface area contributed by atoms with Crippen molar-refractivity contribution in [1.29, 1.82) is 0 Å². The Morgan fingerprint density at radius 2 is 2.00 bits per heavy atom. The molecule has 1 aromatic heterocycles. The average Bonchev–Trinajstić information content (AvgIpc) is 3.03. The van der Waals surface area contributed by atoms with E-state index in [1.165, 1.54) is 42.2 Å². The van der Waals surface area contributed by atoms with Gasteiger partial charge in [-0.2, -0.15) is 0 Å². The van der Waals surface area contributed by atoms with Gasteiger partial charge in [0.15, 0.2) is 0 Å². The topological polar surface area (TPSA) is 64.1 Å². The Hall–Kier alpha value is -2.80. The lowest BCUT2D eigenvalue weighted by Crippen LogP contribution is -2.15. The van der Waals surface area contributed by atoms with Crippen molar-refractivity contribution in [2.24, 2.45) is 0 Å². The third-order valence-electron chi connectivity index (χ3n) is 3.71. The van der Waals surface area contributed by atoms with E-state index in [1.54, 1.807) is 0 Å². The summed E-state index contributed by atoms with van der Waals surface area (Å²) in [6.07, 6.45) is 0.628. The Balaban J connectivity index is 1.76. The molecule has 3 rings (SSSR count). The Labute approximate surface area is 148 Å². The number of nitrogens with one attached hydrogen (secondary N) is 1. The van der Waals surface area contributed by atoms with Crippen molar-refractivity contribution in [2.45, 2.75) is 13.3 Å². The highest BCUT2D eigenvalue weighted by Gasteiger charge is 2.19. The van der Waals surface area contributed by atoms with Crippen LogP contribution in [-0.4, -0.2) is 23.2 Å². The van der Waals surface area contributed by atoms with Crippen LogP contribution in [0.15, 0.2) is 42.5 Å². The normalized spacial score (nSPS) is 10.5. The van der Waals surface area contributed by atoms with E-state index < -0.39 is 11.7 Å². The number of carbonyl (C=O) groups is 1. The number of anilines is 1. The van der Waals surface area contributed by atoms with Crippen LogP contribution < -0.4 is 10.1 Å². The van der Waals surface area contributed by atoms with E-state index >= 15 is 0 Å². The number of rotatable bonds is 5. The molecular formula is C18H16FN3O2S. The van der Waals surface area contributed by atoms with Gasteiger partial charge in [-0.15, -0.1) is 10.2 Å². The molecule has 1 N–H and O–H groups in total. The van der Waals surface area contributed by atoms with Gasteiger partial charge in [-0.25, -0.2) is 4.39 Å². The van der Waals surface area contributed by atoms with Gasteiger partial charge < -0.3 is 4.74 Å². The largest absolute Gasteiger partial charge is 0.496 e. The summed E-state index contributed by atoms with van der Waals surface area (Å²) in [5, 5.41) is 11.7. The Bertz CT molecular complexity index is 911. The van der Waals surface area contributed by atoms with Gasteiger partial charge >= 0.3 is 0 Å². The summed E-state index contributed by atoms with van der Waals surface area (Å²) in [5.74, 6) is -1.10. The highest BCUT2D eigenvalue weighted by molar-refractivity contribution is 7.15. The molecule has 0 bridgehead atoms. The van der Waals surface area contributed by atoms with Crippen LogP contribution in [0, 0.1) is 12.7 Å². The number of methoxy groups -OCH3 is 1. The fourth-order valence-electron chi connectivity index (χ4n) is 2.40. The SMILES string of the molecule is COc1cccc(F)c1C(=O)Nc1nnc(Cc2ccccc2C)s1. The second-order valence-corrected chi connectivity index (χ2v) is 6.44. The molecule has 0 saturated heterocycles. The summed E-state index contributed by atoms with van der Waals surface area (Å²) in [6.45, 7) is 2.03. The lowest BCUT2D eigenvalue weighted by Gasteiger charge is -2.08. The third-order valence-corrected chi connectivity index (χ3v) is 4.55. The van der Waals surface area contributed by atoms with Gasteiger partial charge in [-0.1, -0.05) is 41.7 Å². The van der Waals surface area contributed by atoms with Crippen LogP contribution in [0.4, 0.5) is 9.52 Å². The number of halogens is 1. The molecule has 128 valence electrons. The highest BCUT2D eigenvalue weighted by atomic mass is 32.1. The van der Waals surface area contributed by atoms with E-state index in [-0.39, 0.29) is 11.3 Å². The zero-order valence-corrected chi connectivity index (χ0v) is 14.6. The number of hydrogen-bond donors (Lipinski definition) is 1. The number of aryl methyl sites for hydroxylation is 1. The first kappa shape index (κ1) is 17.0. The van der Waals surface area contributed by atoms with Gasteiger partial charge in [0, 0.05) is 6.42 Å². The summed E-state index contributed by atoms with van der Waals surface area (Å²) in [6, 6.07) is 12.2. The van der Waals surface area contributed by atoms with Crippen LogP contribution >= 0.6 is 11.3 Å². The maximum absolute atomic E-state index is 14.0. The molecule has 0 unspecified atom stereocenters. The minimum Gasteiger partial charge on any atom is -0.496 e. The van der Waals surface area contributed by atoms with Crippen LogP contribution in [-0.2, 0) is 6.42 Å². The molecule has 1 heterocycles. The average molecular weight is 357 g/mol. The van der Waals surface area contributed by atoms with Gasteiger partial charge in [0.1, 0.15) is 22.1 Å². The van der Waals surface area contributed by atoms with Gasteiger partial charge in [0.25, 0.3) is 5.91 Å². The third kappa shape index (κ3) is 3.83. The fourth-order valence-corrected chi connectivity index (χ4v) is 3.16. The molecule has 0 aliphatic rings. The van der Waals surface area contributed by atoms with E-state index in [0.717, 1.165) is 10.6 Å². The first-order chi connectivity index (χ1) is 12.1. The van der Waals surface area contributed by atoms with Gasteiger partial charge in [-0.05, 0) is 30.2 Å². The van der Waals surface area contributed by atoms with E-state index in [4.69, 9.17) is 4.74 Å². The predicted molar refractivity (Wildman–Crippen MR) is 94.8 cm³/mol. The van der Waals surface area contributed by atoms with Crippen molar-refractivity contribution in [1.82, 2.24) is 10.2 Å². The fraction of sp³-hybridized carbons (Fsp3) is 0.167. The van der Waals surface area contributed by atoms with Gasteiger partial charge in [-0.3, -0.25) is 10.1 Å². The number of amides is 1. The summed E-state index contributed by atoms with van der Waals surface area (Å²) in [4.78, 5) is 12.3. The summed E-state index contributed by atoms with van der Waals surface area (Å²) in [7, 11) is 1.39. The zero-order valence-electron chi connectivity index (χ0n) is 13.7. The summed E-state index contributed by atoms with van der Waals surface area (Å²) >= 11 is 1.26. The Kier molecular flexibility index (Phi) is 5.04. The number of hydrogen-bond acceptors (Lipinski definition) is 5. The van der Waals surface area contributed by atoms with E-state index in [1.807, 2.05) is 31.2 Å². The lowest BCUT2D eigenvalue weighted by molar-refractivity contribution is 0.102. The first-order valence-electron chi connectivity index (χ1n) is 7.59. The van der Waals surface area contributed by atoms with Crippen molar-refractivity contribution < 1.29 is 13.9 Å². The zero-order chi connectivity index (χ0) is 17.8. The van der Waals surface area contributed by atoms with E-state index in [0.29, 0.717) is 11.6 Å². The predicted octanol–water partition coefficient (Wildman–Crippen LogP) is 3.84. The molecule has 2 aromatic carbocycles. The molecule has 0 atom stereocenters. The maximum atomic E-state index is 14.0. The minimum atomic E-state index is -0.651. The van der Waals surface area contributed by atoms with Crippen molar-refractivity contribution in [3.8, 4) is 5.75 Å². The number of aromatic nitrogens is 2. The summed E-state index contributed by atoms with van der Waals surface area (Å²) < 4.78 is 19.0. The smallest absolute Gasteiger partial charge is 0.264 e. The number of benzene rings is 2. The molecular weight excluding hydrogens is 341 g/mol. The van der Waals surface area contributed by atoms with Crippen LogP contribution in [0.3, 0.4) is 0 Å². The molecule has 0 radical (unpaired) electrons. The molecule has 0 fully saturated rings. The van der Waals surface area contributed by atoms with Gasteiger partial charge in [0.2, 0.25) is 5.13 Å². The first-order valence-corrected chi connectivity index (χ1v) is 8.41. The minimum absolute atomic E-state index is 0.152. The molecule has 7 heteroatoms. The van der Waals surface area contributed by atoms with Crippen LogP contribution in [0.2, 0.25) is 0 Å². The van der Waals surface area contributed by atoms with Crippen molar-refractivity contribution in [3.63, 3.8) is 0 Å². The molecule has 0 spiro atoms. The van der Waals surface area contributed by atoms with Crippen molar-refractivity contribution >= 4 is 22.4 Å². The van der Waals surface area contributed by atoms with E-state index in [2.05, 4.69) is 15.5 Å². The van der Waals surface area contributed by atoms with Crippen molar-refractivity contribution in [2.75, 3.05) is 12.4 Å². The van der Waals surface area contributed by atoms with Gasteiger partial charge in [0.05, 0.1) is 7.11 Å². The molecule has 25 heavy (non-hydrogen) atoms. The molecule has 0 aliphatic carbocycles. The summed E-state index contributed by atoms with van der Waals surface area (Å²) in [5.41, 5.74) is 2.16. The molecule has 0 aliphatic heterocycles. The highest BCUT2D eigenvalue weighted by Crippen LogP contribution is 2.24. The second kappa shape index (κ2) is 7.40. The molecule has 0 saturated carbocycles. The van der Waals surface area contributed by atoms with E-state index in [9.17, 15) is 9.18 Å². The number of nitrogens with zero attached hydrogens (tertiary/aromatic N) is 2. The van der Waals surface area contributed by atoms with Crippen LogP contribution in [0.25, 0.3) is 0 Å². The van der Waals surface area contributed by atoms with Crippen LogP contribution in [0.5, 0.6) is 5.75 Å².